The molecule has 0 amide bonds. The molecule has 0 aliphatic rings. The molecule has 0 aliphatic carbocycles. The Labute approximate surface area is 165 Å². The van der Waals surface area contributed by atoms with Crippen LogP contribution in [-0.4, -0.2) is 35.3 Å². The van der Waals surface area contributed by atoms with Gasteiger partial charge in [0.1, 0.15) is 28.6 Å². The Hall–Kier alpha value is -3.64. The Balaban J connectivity index is 1.89. The van der Waals surface area contributed by atoms with Gasteiger partial charge in [0.05, 0.1) is 10.6 Å². The maximum atomic E-state index is 10.8. The van der Waals surface area contributed by atoms with Crippen LogP contribution in [-0.2, 0) is 17.3 Å². The Morgan fingerprint density at radius 2 is 1.90 bits per heavy atom. The molecule has 0 unspecified atom stereocenters. The van der Waals surface area contributed by atoms with Crippen molar-refractivity contribution in [2.45, 2.75) is 6.42 Å². The van der Waals surface area contributed by atoms with E-state index < -0.39 is 15.8 Å². The molecule has 29 heavy (non-hydrogen) atoms. The lowest BCUT2D eigenvalue weighted by Gasteiger charge is -2.11. The predicted octanol–water partition coefficient (Wildman–Crippen LogP) is 2.11. The van der Waals surface area contributed by atoms with Gasteiger partial charge in [0.25, 0.3) is 5.69 Å². The van der Waals surface area contributed by atoms with Gasteiger partial charge in [-0.1, -0.05) is 5.16 Å². The molecule has 0 radical (unpaired) electrons. The van der Waals surface area contributed by atoms with E-state index in [0.717, 1.165) is 6.07 Å². The lowest BCUT2D eigenvalue weighted by molar-refractivity contribution is -0.384. The molecule has 0 saturated carbocycles. The molecule has 152 valence electrons. The van der Waals surface area contributed by atoms with E-state index in [0.29, 0.717) is 5.69 Å². The first-order valence-electron chi connectivity index (χ1n) is 8.15. The zero-order valence-corrected chi connectivity index (χ0v) is 15.5. The molecule has 1 heterocycles. The molecule has 0 bridgehead atoms. The minimum atomic E-state index is -2.72. The van der Waals surface area contributed by atoms with Gasteiger partial charge in [-0.2, -0.15) is 0 Å². The van der Waals surface area contributed by atoms with E-state index in [9.17, 15) is 28.7 Å². The maximum Gasteiger partial charge on any atom is 0.269 e. The van der Waals surface area contributed by atoms with Gasteiger partial charge in [0.15, 0.2) is 5.76 Å². The summed E-state index contributed by atoms with van der Waals surface area (Å²) in [7, 11) is -2.72. The van der Waals surface area contributed by atoms with Gasteiger partial charge in [-0.25, -0.2) is 13.1 Å². The van der Waals surface area contributed by atoms with Crippen LogP contribution in [0.2, 0.25) is 0 Å². The minimum Gasteiger partial charge on any atom is -0.508 e. The van der Waals surface area contributed by atoms with E-state index in [1.165, 1.54) is 36.4 Å². The molecule has 0 fully saturated rings. The number of non-ortho nitro benzene ring substituents is 1. The van der Waals surface area contributed by atoms with Crippen molar-refractivity contribution in [3.63, 3.8) is 0 Å². The molecular formula is C17H15N3O8S. The second kappa shape index (κ2) is 8.58. The van der Waals surface area contributed by atoms with Crippen LogP contribution in [0.4, 0.5) is 5.69 Å². The van der Waals surface area contributed by atoms with Gasteiger partial charge in [0, 0.05) is 43.3 Å². The molecule has 3 aromatic rings. The van der Waals surface area contributed by atoms with Crippen molar-refractivity contribution in [3.05, 3.63) is 58.3 Å². The normalized spacial score (nSPS) is 10.9. The SMILES string of the molecule is O=[N+]([O-])c1ccc(Oc2cc(O)cc(O)c2-c2cc(CCN[SH](=O)=O)no2)cc1. The summed E-state index contributed by atoms with van der Waals surface area (Å²) in [6.07, 6.45) is 0.254. The Morgan fingerprint density at radius 3 is 2.55 bits per heavy atom. The average molecular weight is 421 g/mol. The van der Waals surface area contributed by atoms with E-state index in [1.54, 1.807) is 0 Å². The highest BCUT2D eigenvalue weighted by molar-refractivity contribution is 7.70. The highest BCUT2D eigenvalue weighted by atomic mass is 32.2. The van der Waals surface area contributed by atoms with Gasteiger partial charge in [-0.15, -0.1) is 0 Å². The van der Waals surface area contributed by atoms with Gasteiger partial charge >= 0.3 is 0 Å². The van der Waals surface area contributed by atoms with Crippen molar-refractivity contribution in [2.75, 3.05) is 6.54 Å². The smallest absolute Gasteiger partial charge is 0.269 e. The van der Waals surface area contributed by atoms with Gasteiger partial charge in [-0.05, 0) is 12.1 Å². The predicted molar refractivity (Wildman–Crippen MR) is 100 cm³/mol. The van der Waals surface area contributed by atoms with Crippen LogP contribution in [0.1, 0.15) is 5.69 Å². The van der Waals surface area contributed by atoms with Crippen molar-refractivity contribution in [1.29, 1.82) is 0 Å². The number of hydrogen-bond acceptors (Lipinski definition) is 9. The van der Waals surface area contributed by atoms with E-state index in [4.69, 9.17) is 9.26 Å². The fraction of sp³-hybridized carbons (Fsp3) is 0.118. The van der Waals surface area contributed by atoms with Crippen LogP contribution in [0.5, 0.6) is 23.0 Å². The zero-order chi connectivity index (χ0) is 21.0. The molecule has 0 aliphatic heterocycles. The largest absolute Gasteiger partial charge is 0.508 e. The van der Waals surface area contributed by atoms with Crippen molar-refractivity contribution in [2.24, 2.45) is 0 Å². The monoisotopic (exact) mass is 421 g/mol. The van der Waals surface area contributed by atoms with Crippen LogP contribution >= 0.6 is 0 Å². The third-order valence-electron chi connectivity index (χ3n) is 3.77. The number of benzene rings is 2. The molecule has 1 aromatic heterocycles. The summed E-state index contributed by atoms with van der Waals surface area (Å²) in [5.74, 6) is -0.234. The average Bonchev–Trinajstić information content (AvgIpc) is 3.09. The number of hydrogen-bond donors (Lipinski definition) is 4. The summed E-state index contributed by atoms with van der Waals surface area (Å²) in [6.45, 7) is 0.123. The Morgan fingerprint density at radius 1 is 1.17 bits per heavy atom. The number of phenolic OH excluding ortho intramolecular Hbond substituents is 2. The Bertz CT molecular complexity index is 1100. The fourth-order valence-electron chi connectivity index (χ4n) is 2.50. The number of rotatable bonds is 8. The summed E-state index contributed by atoms with van der Waals surface area (Å²) >= 11 is 0. The molecule has 3 N–H and O–H groups in total. The van der Waals surface area contributed by atoms with E-state index in [-0.39, 0.29) is 53.0 Å². The maximum absolute atomic E-state index is 10.8. The second-order valence-corrected chi connectivity index (χ2v) is 6.62. The topological polar surface area (TPSA) is 165 Å². The highest BCUT2D eigenvalue weighted by Crippen LogP contribution is 2.43. The first-order valence-corrected chi connectivity index (χ1v) is 9.33. The second-order valence-electron chi connectivity index (χ2n) is 5.79. The number of nitrogens with one attached hydrogen (secondary N) is 1. The van der Waals surface area contributed by atoms with Crippen molar-refractivity contribution >= 4 is 16.6 Å². The molecule has 2 aromatic carbocycles. The van der Waals surface area contributed by atoms with Crippen LogP contribution < -0.4 is 9.46 Å². The highest BCUT2D eigenvalue weighted by Gasteiger charge is 2.19. The standard InChI is InChI=1S/C17H15N3O8S/c21-12-8-14(22)17(16-7-10(19-28-16)5-6-18-29(25)26)15(9-12)27-13-3-1-11(2-4-13)20(23)24/h1-4,7-9,21-22,29H,5-6H2,(H,18,25,26). The molecule has 12 heteroatoms. The fourth-order valence-corrected chi connectivity index (χ4v) is 2.79. The molecule has 0 atom stereocenters. The van der Waals surface area contributed by atoms with Gasteiger partial charge in [-0.3, -0.25) is 10.1 Å². The van der Waals surface area contributed by atoms with Crippen LogP contribution in [0.15, 0.2) is 47.0 Å². The first kappa shape index (κ1) is 20.1. The molecule has 11 nitrogen and oxygen atoms in total. The quantitative estimate of drug-likeness (QED) is 0.242. The number of nitrogens with zero attached hydrogens (tertiary/aromatic N) is 2. The lowest BCUT2D eigenvalue weighted by Crippen LogP contribution is -2.14. The third-order valence-corrected chi connectivity index (χ3v) is 4.25. The number of phenols is 2. The summed E-state index contributed by atoms with van der Waals surface area (Å²) in [5.41, 5.74) is 0.408. The first-order chi connectivity index (χ1) is 13.8. The lowest BCUT2D eigenvalue weighted by atomic mass is 10.1. The van der Waals surface area contributed by atoms with Gasteiger partial charge in [0.2, 0.25) is 10.9 Å². The van der Waals surface area contributed by atoms with Gasteiger partial charge < -0.3 is 19.5 Å². The summed E-state index contributed by atoms with van der Waals surface area (Å²) < 4.78 is 34.2. The van der Waals surface area contributed by atoms with E-state index in [1.807, 2.05) is 0 Å². The zero-order valence-electron chi connectivity index (χ0n) is 14.6. The Kier molecular flexibility index (Phi) is 5.95. The summed E-state index contributed by atoms with van der Waals surface area (Å²) in [5, 5.41) is 34.6. The number of thiol groups is 1. The van der Waals surface area contributed by atoms with Crippen LogP contribution in [0, 0.1) is 10.1 Å². The molecular weight excluding hydrogens is 406 g/mol. The number of nitro benzene ring substituents is 1. The molecule has 0 spiro atoms. The summed E-state index contributed by atoms with van der Waals surface area (Å²) in [6, 6.07) is 9.05. The van der Waals surface area contributed by atoms with Crippen molar-refractivity contribution in [3.8, 4) is 34.3 Å². The number of aromatic nitrogens is 1. The molecule has 0 saturated heterocycles. The van der Waals surface area contributed by atoms with Crippen LogP contribution in [0.25, 0.3) is 11.3 Å². The van der Waals surface area contributed by atoms with E-state index in [2.05, 4.69) is 9.88 Å². The minimum absolute atomic E-state index is 0.0276. The van der Waals surface area contributed by atoms with E-state index >= 15 is 0 Å². The van der Waals surface area contributed by atoms with Crippen molar-refractivity contribution < 1.29 is 32.8 Å². The third kappa shape index (κ3) is 5.00. The number of aromatic hydroxyl groups is 2. The van der Waals surface area contributed by atoms with Crippen LogP contribution in [0.3, 0.4) is 0 Å². The number of ether oxygens (including phenoxy) is 1. The number of nitro groups is 1. The molecule has 3 rings (SSSR count). The van der Waals surface area contributed by atoms with Crippen molar-refractivity contribution in [1.82, 2.24) is 9.88 Å². The summed E-state index contributed by atoms with van der Waals surface area (Å²) in [4.78, 5) is 10.2.